The van der Waals surface area contributed by atoms with Crippen LogP contribution in [-0.2, 0) is 22.0 Å². The van der Waals surface area contributed by atoms with Crippen LogP contribution < -0.4 is 0 Å². The Kier molecular flexibility index (Phi) is 3.90. The van der Waals surface area contributed by atoms with Crippen molar-refractivity contribution in [1.29, 1.82) is 0 Å². The summed E-state index contributed by atoms with van der Waals surface area (Å²) in [4.78, 5) is 0.261. The van der Waals surface area contributed by atoms with E-state index in [1.54, 1.807) is 4.68 Å². The Labute approximate surface area is 167 Å². The van der Waals surface area contributed by atoms with Crippen molar-refractivity contribution in [3.63, 3.8) is 0 Å². The summed E-state index contributed by atoms with van der Waals surface area (Å²) < 4.78 is 29.9. The molecule has 152 valence electrons. The van der Waals surface area contributed by atoms with E-state index in [0.29, 0.717) is 12.2 Å². The molecule has 2 aromatic rings. The average Bonchev–Trinajstić information content (AvgIpc) is 3.13. The molecule has 0 saturated heterocycles. The number of hydrogen-bond acceptors (Lipinski definition) is 4. The zero-order valence-electron chi connectivity index (χ0n) is 17.3. The Balaban J connectivity index is 1.62. The monoisotopic (exact) mass is 402 g/mol. The molecule has 6 rings (SSSR count). The van der Waals surface area contributed by atoms with E-state index in [1.165, 1.54) is 54.4 Å². The second-order valence-corrected chi connectivity index (χ2v) is 11.2. The molecule has 0 spiro atoms. The molecular weight excluding hydrogens is 372 g/mol. The predicted octanol–water partition coefficient (Wildman–Crippen LogP) is 3.73. The second-order valence-electron chi connectivity index (χ2n) is 9.50. The fraction of sp³-hybridized carbons (Fsp3) is 0.714. The normalized spacial score (nSPS) is 31.6. The molecule has 0 aliphatic heterocycles. The van der Waals surface area contributed by atoms with E-state index in [0.717, 1.165) is 29.1 Å². The molecule has 4 bridgehead atoms. The first-order chi connectivity index (χ1) is 13.2. The summed E-state index contributed by atoms with van der Waals surface area (Å²) in [7, 11) is -3.74. The van der Waals surface area contributed by atoms with E-state index in [4.69, 9.17) is 0 Å². The van der Waals surface area contributed by atoms with E-state index < -0.39 is 10.0 Å². The second kappa shape index (κ2) is 5.94. The zero-order valence-corrected chi connectivity index (χ0v) is 18.1. The van der Waals surface area contributed by atoms with Crippen molar-refractivity contribution in [2.45, 2.75) is 83.1 Å². The van der Waals surface area contributed by atoms with Crippen LogP contribution >= 0.6 is 0 Å². The van der Waals surface area contributed by atoms with Crippen LogP contribution in [0.5, 0.6) is 0 Å². The summed E-state index contributed by atoms with van der Waals surface area (Å²) >= 11 is 0. The van der Waals surface area contributed by atoms with Crippen LogP contribution in [0, 0.1) is 38.5 Å². The fourth-order valence-electron chi connectivity index (χ4n) is 7.13. The minimum atomic E-state index is -3.74. The van der Waals surface area contributed by atoms with Crippen LogP contribution in [0.1, 0.15) is 68.1 Å². The number of rotatable bonds is 4. The van der Waals surface area contributed by atoms with Gasteiger partial charge in [0.2, 0.25) is 0 Å². The van der Waals surface area contributed by atoms with Crippen molar-refractivity contribution in [2.24, 2.45) is 17.8 Å². The molecule has 0 radical (unpaired) electrons. The van der Waals surface area contributed by atoms with E-state index in [1.807, 2.05) is 27.7 Å². The highest BCUT2D eigenvalue weighted by Gasteiger charge is 2.53. The van der Waals surface area contributed by atoms with Gasteiger partial charge >= 0.3 is 0 Å². The molecule has 2 aromatic heterocycles. The molecule has 2 heterocycles. The topological polar surface area (TPSA) is 69.8 Å². The van der Waals surface area contributed by atoms with Gasteiger partial charge in [-0.2, -0.15) is 22.7 Å². The van der Waals surface area contributed by atoms with Gasteiger partial charge in [-0.25, -0.2) is 0 Å². The first-order valence-corrected chi connectivity index (χ1v) is 12.0. The van der Waals surface area contributed by atoms with E-state index in [9.17, 15) is 8.42 Å². The lowest BCUT2D eigenvalue weighted by atomic mass is 9.48. The van der Waals surface area contributed by atoms with Gasteiger partial charge in [-0.1, -0.05) is 0 Å². The minimum Gasteiger partial charge on any atom is -0.269 e. The molecule has 0 aromatic carbocycles. The summed E-state index contributed by atoms with van der Waals surface area (Å²) in [6.07, 6.45) is 9.21. The third-order valence-corrected chi connectivity index (χ3v) is 9.45. The lowest BCUT2D eigenvalue weighted by molar-refractivity contribution is -0.00574. The molecule has 4 saturated carbocycles. The van der Waals surface area contributed by atoms with Crippen LogP contribution in [0.3, 0.4) is 0 Å². The summed E-state index contributed by atoms with van der Waals surface area (Å²) in [5.41, 5.74) is 3.73. The SMILES string of the molecule is CCn1ncc(S(=O)(=O)n2nc(C)c(C34CC5CC(CC(C5)C3)C4)c2C)c1C. The van der Waals surface area contributed by atoms with Crippen LogP contribution in [-0.4, -0.2) is 27.4 Å². The molecule has 0 N–H and O–H groups in total. The van der Waals surface area contributed by atoms with Gasteiger partial charge in [0.25, 0.3) is 10.0 Å². The van der Waals surface area contributed by atoms with Crippen molar-refractivity contribution in [3.8, 4) is 0 Å². The van der Waals surface area contributed by atoms with Gasteiger partial charge < -0.3 is 0 Å². The zero-order chi connectivity index (χ0) is 19.8. The van der Waals surface area contributed by atoms with Gasteiger partial charge in [0, 0.05) is 12.1 Å². The Morgan fingerprint density at radius 3 is 2.11 bits per heavy atom. The largest absolute Gasteiger partial charge is 0.286 e. The average molecular weight is 403 g/mol. The van der Waals surface area contributed by atoms with E-state index in [-0.39, 0.29) is 10.3 Å². The van der Waals surface area contributed by atoms with Crippen molar-refractivity contribution in [2.75, 3.05) is 0 Å². The molecule has 4 aliphatic carbocycles. The van der Waals surface area contributed by atoms with Gasteiger partial charge in [0.15, 0.2) is 0 Å². The molecule has 4 aliphatic rings. The molecular formula is C21H30N4O2S. The number of nitrogens with zero attached hydrogens (tertiary/aromatic N) is 4. The number of aryl methyl sites for hydroxylation is 2. The standard InChI is InChI=1S/C21H30N4O2S/c1-5-24-14(3)19(12-22-24)28(26,27)25-15(4)20(13(2)23-25)21-9-16-6-17(10-21)8-18(7-16)11-21/h12,16-18H,5-11H2,1-4H3. The maximum atomic E-state index is 13.4. The van der Waals surface area contributed by atoms with E-state index >= 15 is 0 Å². The number of hydrogen-bond donors (Lipinski definition) is 0. The van der Waals surface area contributed by atoms with Gasteiger partial charge in [-0.05, 0) is 89.4 Å². The first kappa shape index (κ1) is 18.4. The highest BCUT2D eigenvalue weighted by Crippen LogP contribution is 2.61. The van der Waals surface area contributed by atoms with Crippen LogP contribution in [0.4, 0.5) is 0 Å². The third kappa shape index (κ3) is 2.41. The molecule has 28 heavy (non-hydrogen) atoms. The van der Waals surface area contributed by atoms with Gasteiger partial charge in [0.05, 0.1) is 23.3 Å². The van der Waals surface area contributed by atoms with Crippen molar-refractivity contribution in [3.05, 3.63) is 28.8 Å². The minimum absolute atomic E-state index is 0.138. The van der Waals surface area contributed by atoms with Crippen molar-refractivity contribution < 1.29 is 8.42 Å². The van der Waals surface area contributed by atoms with Crippen molar-refractivity contribution >= 4 is 10.0 Å². The Morgan fingerprint density at radius 2 is 1.61 bits per heavy atom. The lowest BCUT2D eigenvalue weighted by Gasteiger charge is -2.57. The van der Waals surface area contributed by atoms with Crippen LogP contribution in [0.15, 0.2) is 11.1 Å². The number of aromatic nitrogens is 4. The highest BCUT2D eigenvalue weighted by atomic mass is 32.2. The van der Waals surface area contributed by atoms with Crippen molar-refractivity contribution in [1.82, 2.24) is 19.0 Å². The predicted molar refractivity (Wildman–Crippen MR) is 107 cm³/mol. The maximum Gasteiger partial charge on any atom is 0.286 e. The Hall–Kier alpha value is -1.63. The highest BCUT2D eigenvalue weighted by molar-refractivity contribution is 7.90. The molecule has 4 fully saturated rings. The Bertz CT molecular complexity index is 1010. The first-order valence-electron chi connectivity index (χ1n) is 10.6. The molecule has 0 amide bonds. The molecule has 6 nitrogen and oxygen atoms in total. The summed E-state index contributed by atoms with van der Waals surface area (Å²) in [6.45, 7) is 8.37. The van der Waals surface area contributed by atoms with Crippen LogP contribution in [0.25, 0.3) is 0 Å². The molecule has 0 atom stereocenters. The van der Waals surface area contributed by atoms with Gasteiger partial charge in [0.1, 0.15) is 4.90 Å². The third-order valence-electron chi connectivity index (χ3n) is 7.68. The van der Waals surface area contributed by atoms with Crippen LogP contribution in [0.2, 0.25) is 0 Å². The maximum absolute atomic E-state index is 13.4. The summed E-state index contributed by atoms with van der Waals surface area (Å²) in [5, 5.41) is 8.82. The smallest absolute Gasteiger partial charge is 0.269 e. The quantitative estimate of drug-likeness (QED) is 0.781. The van der Waals surface area contributed by atoms with Gasteiger partial charge in [-0.15, -0.1) is 0 Å². The lowest BCUT2D eigenvalue weighted by Crippen LogP contribution is -2.49. The summed E-state index contributed by atoms with van der Waals surface area (Å²) in [5.74, 6) is 2.44. The molecule has 0 unspecified atom stereocenters. The fourth-order valence-corrected chi connectivity index (χ4v) is 8.66. The van der Waals surface area contributed by atoms with Gasteiger partial charge in [-0.3, -0.25) is 4.68 Å². The summed E-state index contributed by atoms with van der Waals surface area (Å²) in [6, 6.07) is 0. The Morgan fingerprint density at radius 1 is 1.04 bits per heavy atom. The van der Waals surface area contributed by atoms with E-state index in [2.05, 4.69) is 10.2 Å². The molecule has 7 heteroatoms.